The molecular formula is C19H37IN4O3. The Bertz CT molecular complexity index is 470. The lowest BCUT2D eigenvalue weighted by atomic mass is 9.84. The van der Waals surface area contributed by atoms with Crippen LogP contribution in [0, 0.1) is 11.3 Å². The van der Waals surface area contributed by atoms with E-state index in [1.54, 1.807) is 0 Å². The van der Waals surface area contributed by atoms with Gasteiger partial charge in [0.1, 0.15) is 0 Å². The van der Waals surface area contributed by atoms with E-state index in [0.717, 1.165) is 45.0 Å². The number of aliphatic hydroxyl groups excluding tert-OH is 1. The first-order valence-electron chi connectivity index (χ1n) is 10.1. The number of halogens is 1. The molecule has 158 valence electrons. The number of likely N-dealkylation sites (tertiary alicyclic amines) is 1. The van der Waals surface area contributed by atoms with Crippen LogP contribution in [-0.4, -0.2) is 74.4 Å². The molecule has 0 radical (unpaired) electrons. The van der Waals surface area contributed by atoms with E-state index < -0.39 is 0 Å². The summed E-state index contributed by atoms with van der Waals surface area (Å²) in [5, 5.41) is 15.8. The fourth-order valence-corrected chi connectivity index (χ4v) is 3.74. The Morgan fingerprint density at radius 1 is 1.41 bits per heavy atom. The molecule has 0 bridgehead atoms. The molecule has 8 heteroatoms. The Labute approximate surface area is 180 Å². The zero-order valence-corrected chi connectivity index (χ0v) is 19.2. The van der Waals surface area contributed by atoms with Gasteiger partial charge in [0.2, 0.25) is 5.91 Å². The van der Waals surface area contributed by atoms with Gasteiger partial charge < -0.3 is 25.4 Å². The maximum absolute atomic E-state index is 12.4. The number of carbonyl (C=O) groups excluding carboxylic acids is 1. The lowest BCUT2D eigenvalue weighted by Gasteiger charge is -2.31. The van der Waals surface area contributed by atoms with E-state index in [1.165, 1.54) is 6.42 Å². The Morgan fingerprint density at radius 2 is 2.22 bits per heavy atom. The Balaban J connectivity index is 0.00000364. The van der Waals surface area contributed by atoms with Crippen molar-refractivity contribution in [2.24, 2.45) is 16.3 Å². The minimum absolute atomic E-state index is 0. The Kier molecular flexibility index (Phi) is 11.6. The summed E-state index contributed by atoms with van der Waals surface area (Å²) in [6.45, 7) is 9.54. The molecule has 0 aliphatic carbocycles. The second-order valence-electron chi connectivity index (χ2n) is 7.74. The molecule has 3 N–H and O–H groups in total. The third kappa shape index (κ3) is 8.11. The molecule has 2 atom stereocenters. The maximum atomic E-state index is 12.4. The van der Waals surface area contributed by atoms with Gasteiger partial charge in [-0.15, -0.1) is 24.0 Å². The van der Waals surface area contributed by atoms with Gasteiger partial charge in [0.15, 0.2) is 5.96 Å². The van der Waals surface area contributed by atoms with Crippen molar-refractivity contribution in [1.82, 2.24) is 15.5 Å². The van der Waals surface area contributed by atoms with Crippen molar-refractivity contribution in [2.75, 3.05) is 52.5 Å². The summed E-state index contributed by atoms with van der Waals surface area (Å²) < 4.78 is 5.52. The van der Waals surface area contributed by atoms with Crippen molar-refractivity contribution in [1.29, 1.82) is 0 Å². The number of hydrogen-bond acceptors (Lipinski definition) is 4. The number of nitrogens with one attached hydrogen (secondary N) is 2. The van der Waals surface area contributed by atoms with Crippen LogP contribution >= 0.6 is 24.0 Å². The summed E-state index contributed by atoms with van der Waals surface area (Å²) in [7, 11) is 0. The predicted molar refractivity (Wildman–Crippen MR) is 119 cm³/mol. The molecule has 0 saturated carbocycles. The third-order valence-corrected chi connectivity index (χ3v) is 5.38. The normalized spacial score (nSPS) is 25.8. The van der Waals surface area contributed by atoms with Crippen LogP contribution < -0.4 is 10.6 Å². The van der Waals surface area contributed by atoms with Gasteiger partial charge in [-0.25, -0.2) is 0 Å². The van der Waals surface area contributed by atoms with E-state index in [4.69, 9.17) is 4.74 Å². The van der Waals surface area contributed by atoms with Crippen LogP contribution in [0.25, 0.3) is 0 Å². The molecule has 0 aromatic rings. The minimum Gasteiger partial charge on any atom is -0.396 e. The Hall–Kier alpha value is -0.610. The molecule has 2 fully saturated rings. The summed E-state index contributed by atoms with van der Waals surface area (Å²) in [4.78, 5) is 19.0. The zero-order chi connectivity index (χ0) is 18.8. The van der Waals surface area contributed by atoms with Crippen LogP contribution in [0.15, 0.2) is 4.99 Å². The van der Waals surface area contributed by atoms with Crippen molar-refractivity contribution in [3.63, 3.8) is 0 Å². The molecular weight excluding hydrogens is 459 g/mol. The van der Waals surface area contributed by atoms with E-state index in [1.807, 2.05) is 11.8 Å². The second-order valence-corrected chi connectivity index (χ2v) is 7.74. The second kappa shape index (κ2) is 12.8. The highest BCUT2D eigenvalue weighted by molar-refractivity contribution is 14.0. The molecule has 2 rings (SSSR count). The van der Waals surface area contributed by atoms with Crippen LogP contribution in [0.2, 0.25) is 0 Å². The number of guanidine groups is 1. The maximum Gasteiger partial charge on any atom is 0.224 e. The van der Waals surface area contributed by atoms with E-state index in [-0.39, 0.29) is 41.9 Å². The molecule has 0 spiro atoms. The molecule has 2 aliphatic rings. The van der Waals surface area contributed by atoms with Crippen LogP contribution in [0.1, 0.15) is 46.0 Å². The smallest absolute Gasteiger partial charge is 0.224 e. The number of piperidine rings is 1. The predicted octanol–water partition coefficient (Wildman–Crippen LogP) is 1.60. The van der Waals surface area contributed by atoms with Crippen LogP contribution in [0.5, 0.6) is 0 Å². The largest absolute Gasteiger partial charge is 0.396 e. The molecule has 27 heavy (non-hydrogen) atoms. The number of ether oxygens (including phenoxy) is 1. The standard InChI is InChI=1S/C19H36N4O3.HI/c1-3-20-18(22-14-19(7-11-24)8-12-26-15-19)21-9-6-17(25)23-10-4-5-16(2)13-23;/h16,24H,3-15H2,1-2H3,(H2,20,21,22);1H. The Morgan fingerprint density at radius 3 is 2.85 bits per heavy atom. The number of aliphatic imine (C=N–C) groups is 1. The number of aliphatic hydroxyl groups is 1. The number of carbonyl (C=O) groups is 1. The highest BCUT2D eigenvalue weighted by Gasteiger charge is 2.34. The monoisotopic (exact) mass is 496 g/mol. The van der Waals surface area contributed by atoms with Crippen molar-refractivity contribution in [2.45, 2.75) is 46.0 Å². The quantitative estimate of drug-likeness (QED) is 0.270. The van der Waals surface area contributed by atoms with Crippen molar-refractivity contribution >= 4 is 35.8 Å². The summed E-state index contributed by atoms with van der Waals surface area (Å²) in [6.07, 6.45) is 4.46. The van der Waals surface area contributed by atoms with Gasteiger partial charge in [0.25, 0.3) is 0 Å². The summed E-state index contributed by atoms with van der Waals surface area (Å²) in [6, 6.07) is 0. The van der Waals surface area contributed by atoms with Crippen LogP contribution in [0.4, 0.5) is 0 Å². The fourth-order valence-electron chi connectivity index (χ4n) is 3.74. The zero-order valence-electron chi connectivity index (χ0n) is 16.8. The van der Waals surface area contributed by atoms with Gasteiger partial charge in [-0.1, -0.05) is 6.92 Å². The van der Waals surface area contributed by atoms with Gasteiger partial charge in [-0.2, -0.15) is 0 Å². The molecule has 1 amide bonds. The van der Waals surface area contributed by atoms with Gasteiger partial charge in [0.05, 0.1) is 13.2 Å². The summed E-state index contributed by atoms with van der Waals surface area (Å²) >= 11 is 0. The molecule has 0 aromatic heterocycles. The van der Waals surface area contributed by atoms with Gasteiger partial charge in [-0.05, 0) is 38.5 Å². The molecule has 2 heterocycles. The highest BCUT2D eigenvalue weighted by Crippen LogP contribution is 2.32. The number of amides is 1. The molecule has 0 aromatic carbocycles. The first kappa shape index (κ1) is 24.4. The fraction of sp³-hybridized carbons (Fsp3) is 0.895. The SMILES string of the molecule is CCNC(=NCC1(CCO)CCOC1)NCCC(=O)N1CCCC(C)C1.I. The van der Waals surface area contributed by atoms with Crippen molar-refractivity contribution < 1.29 is 14.6 Å². The summed E-state index contributed by atoms with van der Waals surface area (Å²) in [5.41, 5.74) is -0.0587. The van der Waals surface area contributed by atoms with Crippen molar-refractivity contribution in [3.05, 3.63) is 0 Å². The molecule has 7 nitrogen and oxygen atoms in total. The number of rotatable bonds is 8. The van der Waals surface area contributed by atoms with Crippen LogP contribution in [0.3, 0.4) is 0 Å². The molecule has 2 unspecified atom stereocenters. The average molecular weight is 496 g/mol. The number of hydrogen-bond donors (Lipinski definition) is 3. The van der Waals surface area contributed by atoms with Gasteiger partial charge in [-0.3, -0.25) is 9.79 Å². The molecule has 2 saturated heterocycles. The lowest BCUT2D eigenvalue weighted by molar-refractivity contribution is -0.132. The highest BCUT2D eigenvalue weighted by atomic mass is 127. The molecule has 2 aliphatic heterocycles. The number of nitrogens with zero attached hydrogens (tertiary/aromatic N) is 2. The van der Waals surface area contributed by atoms with Crippen molar-refractivity contribution in [3.8, 4) is 0 Å². The van der Waals surface area contributed by atoms with E-state index in [9.17, 15) is 9.90 Å². The van der Waals surface area contributed by atoms with Gasteiger partial charge >= 0.3 is 0 Å². The van der Waals surface area contributed by atoms with Gasteiger partial charge in [0, 0.05) is 51.2 Å². The van der Waals surface area contributed by atoms with E-state index in [0.29, 0.717) is 38.5 Å². The first-order valence-corrected chi connectivity index (χ1v) is 10.1. The van der Waals surface area contributed by atoms with Crippen LogP contribution in [-0.2, 0) is 9.53 Å². The lowest BCUT2D eigenvalue weighted by Crippen LogP contribution is -2.43. The topological polar surface area (TPSA) is 86.2 Å². The summed E-state index contributed by atoms with van der Waals surface area (Å²) in [5.74, 6) is 1.56. The van der Waals surface area contributed by atoms with E-state index >= 15 is 0 Å². The minimum atomic E-state index is -0.0587. The first-order chi connectivity index (χ1) is 12.6. The van der Waals surface area contributed by atoms with E-state index in [2.05, 4.69) is 22.5 Å². The average Bonchev–Trinajstić information content (AvgIpc) is 3.09. The third-order valence-electron chi connectivity index (χ3n) is 5.38.